The van der Waals surface area contributed by atoms with Gasteiger partial charge >= 0.3 is 47.9 Å². The van der Waals surface area contributed by atoms with Gasteiger partial charge in [0.1, 0.15) is 6.54 Å². The zero-order valence-corrected chi connectivity index (χ0v) is 14.6. The van der Waals surface area contributed by atoms with Gasteiger partial charge in [0.25, 0.3) is 5.91 Å². The molecule has 6 nitrogen and oxygen atoms in total. The zero-order chi connectivity index (χ0) is 25.9. The van der Waals surface area contributed by atoms with Crippen molar-refractivity contribution >= 4 is 23.7 Å². The summed E-state index contributed by atoms with van der Waals surface area (Å²) >= 11 is 0. The lowest BCUT2D eigenvalue weighted by atomic mass is 10.1. The Morgan fingerprint density at radius 2 is 1.12 bits per heavy atom. The summed E-state index contributed by atoms with van der Waals surface area (Å²) in [6.45, 7) is -1.49. The molecule has 0 atom stereocenters. The molecule has 1 fully saturated rings. The highest BCUT2D eigenvalue weighted by molar-refractivity contribution is 6.20. The van der Waals surface area contributed by atoms with Gasteiger partial charge in [-0.05, 0) is 0 Å². The standard InChI is InChI=1S/C12H5F14N3O3/c1-28-2-3(30)29(5(32)8(15,16)10(19,20)12(24,25)26)6(28)27-4(31)7(13,14)9(17,18)11(21,22)23/h2H2,1H3. The van der Waals surface area contributed by atoms with E-state index in [0.29, 0.717) is 7.05 Å². The van der Waals surface area contributed by atoms with Crippen molar-refractivity contribution in [1.29, 1.82) is 0 Å². The second-order valence-corrected chi connectivity index (χ2v) is 5.90. The van der Waals surface area contributed by atoms with Crippen LogP contribution in [0.3, 0.4) is 0 Å². The molecule has 1 rings (SSSR count). The normalized spacial score (nSPS) is 18.6. The van der Waals surface area contributed by atoms with E-state index in [1.165, 1.54) is 0 Å². The minimum Gasteiger partial charge on any atom is -0.335 e. The number of rotatable bonds is 4. The van der Waals surface area contributed by atoms with Gasteiger partial charge in [0.15, 0.2) is 0 Å². The Morgan fingerprint density at radius 1 is 0.750 bits per heavy atom. The zero-order valence-electron chi connectivity index (χ0n) is 14.6. The van der Waals surface area contributed by atoms with Crippen LogP contribution in [-0.2, 0) is 14.4 Å². The monoisotopic (exact) mass is 505 g/mol. The molecule has 1 aliphatic heterocycles. The molecule has 1 heterocycles. The van der Waals surface area contributed by atoms with Gasteiger partial charge in [-0.15, -0.1) is 0 Å². The van der Waals surface area contributed by atoms with Crippen LogP contribution < -0.4 is 0 Å². The molecule has 20 heteroatoms. The third-order valence-electron chi connectivity index (χ3n) is 3.61. The van der Waals surface area contributed by atoms with Gasteiger partial charge in [-0.3, -0.25) is 14.4 Å². The molecule has 0 N–H and O–H groups in total. The lowest BCUT2D eigenvalue weighted by molar-refractivity contribution is -0.345. The number of carbonyl (C=O) groups excluding carboxylic acids is 3. The molecule has 184 valence electrons. The van der Waals surface area contributed by atoms with Crippen LogP contribution in [0.5, 0.6) is 0 Å². The third kappa shape index (κ3) is 3.93. The first-order valence-corrected chi connectivity index (χ1v) is 7.22. The lowest BCUT2D eigenvalue weighted by Crippen LogP contribution is -2.61. The molecule has 0 aromatic rings. The number of likely N-dealkylation sites (N-methyl/N-ethyl adjacent to an activating group) is 1. The molecular formula is C12H5F14N3O3. The van der Waals surface area contributed by atoms with Crippen LogP contribution in [0, 0.1) is 0 Å². The highest BCUT2D eigenvalue weighted by atomic mass is 19.4. The highest BCUT2D eigenvalue weighted by Gasteiger charge is 2.78. The number of halogens is 14. The van der Waals surface area contributed by atoms with Crippen LogP contribution in [0.1, 0.15) is 0 Å². The van der Waals surface area contributed by atoms with Crippen LogP contribution in [0.4, 0.5) is 61.5 Å². The first-order valence-electron chi connectivity index (χ1n) is 7.22. The van der Waals surface area contributed by atoms with Gasteiger partial charge in [-0.1, -0.05) is 0 Å². The molecule has 1 saturated heterocycles. The van der Waals surface area contributed by atoms with Crippen molar-refractivity contribution in [3.05, 3.63) is 0 Å². The second kappa shape index (κ2) is 7.42. The molecule has 0 saturated carbocycles. The van der Waals surface area contributed by atoms with Crippen LogP contribution in [0.25, 0.3) is 0 Å². The fraction of sp³-hybridized carbons (Fsp3) is 0.667. The summed E-state index contributed by atoms with van der Waals surface area (Å²) in [5.74, 6) is -39.9. The number of aliphatic imine (C=N–C) groups is 1. The van der Waals surface area contributed by atoms with E-state index in [4.69, 9.17) is 0 Å². The molecule has 0 aromatic carbocycles. The molecule has 0 radical (unpaired) electrons. The van der Waals surface area contributed by atoms with Crippen LogP contribution in [-0.4, -0.2) is 83.1 Å². The van der Waals surface area contributed by atoms with E-state index in [1.807, 2.05) is 4.99 Å². The topological polar surface area (TPSA) is 70.1 Å². The summed E-state index contributed by atoms with van der Waals surface area (Å²) in [7, 11) is 0.386. The summed E-state index contributed by atoms with van der Waals surface area (Å²) in [4.78, 5) is 34.6. The van der Waals surface area contributed by atoms with Gasteiger partial charge in [-0.2, -0.15) is 66.5 Å². The average Bonchev–Trinajstić information content (AvgIpc) is 2.84. The van der Waals surface area contributed by atoms with Gasteiger partial charge in [0.2, 0.25) is 5.96 Å². The fourth-order valence-corrected chi connectivity index (χ4v) is 1.89. The second-order valence-electron chi connectivity index (χ2n) is 5.90. The Labute approximate surface area is 165 Å². The molecule has 0 unspecified atom stereocenters. The molecule has 0 aromatic heterocycles. The summed E-state index contributed by atoms with van der Waals surface area (Å²) < 4.78 is 178. The predicted octanol–water partition coefficient (Wildman–Crippen LogP) is 2.84. The number of hydrogen-bond donors (Lipinski definition) is 0. The highest BCUT2D eigenvalue weighted by Crippen LogP contribution is 2.48. The van der Waals surface area contributed by atoms with Crippen LogP contribution >= 0.6 is 0 Å². The van der Waals surface area contributed by atoms with Crippen LogP contribution in [0.2, 0.25) is 0 Å². The molecule has 0 aliphatic carbocycles. The van der Waals surface area contributed by atoms with E-state index in [2.05, 4.69) is 0 Å². The first-order chi connectivity index (χ1) is 13.9. The number of alkyl halides is 14. The van der Waals surface area contributed by atoms with Crippen molar-refractivity contribution in [2.24, 2.45) is 4.99 Å². The summed E-state index contributed by atoms with van der Waals surface area (Å²) in [5, 5.41) is 0. The Morgan fingerprint density at radius 3 is 1.50 bits per heavy atom. The maximum atomic E-state index is 13.5. The maximum Gasteiger partial charge on any atom is 0.460 e. The Balaban J connectivity index is 3.54. The molecule has 0 spiro atoms. The van der Waals surface area contributed by atoms with E-state index in [0.717, 1.165) is 0 Å². The van der Waals surface area contributed by atoms with E-state index < -0.39 is 71.2 Å². The van der Waals surface area contributed by atoms with Crippen molar-refractivity contribution in [2.75, 3.05) is 13.6 Å². The van der Waals surface area contributed by atoms with E-state index in [9.17, 15) is 75.8 Å². The van der Waals surface area contributed by atoms with Crippen molar-refractivity contribution in [1.82, 2.24) is 9.80 Å². The summed E-state index contributed by atoms with van der Waals surface area (Å²) in [6, 6.07) is 0. The van der Waals surface area contributed by atoms with Crippen molar-refractivity contribution in [2.45, 2.75) is 36.0 Å². The molecule has 1 aliphatic rings. The van der Waals surface area contributed by atoms with Crippen LogP contribution in [0.15, 0.2) is 4.99 Å². The number of amides is 3. The maximum absolute atomic E-state index is 13.5. The van der Waals surface area contributed by atoms with Gasteiger partial charge < -0.3 is 4.90 Å². The van der Waals surface area contributed by atoms with Gasteiger partial charge in [0.05, 0.1) is 0 Å². The Hall–Kier alpha value is -2.70. The largest absolute Gasteiger partial charge is 0.460 e. The Bertz CT molecular complexity index is 844. The third-order valence-corrected chi connectivity index (χ3v) is 3.61. The number of imide groups is 1. The van der Waals surface area contributed by atoms with Crippen molar-refractivity contribution in [3.63, 3.8) is 0 Å². The van der Waals surface area contributed by atoms with Gasteiger partial charge in [0, 0.05) is 7.05 Å². The number of nitrogens with zero attached hydrogens (tertiary/aromatic N) is 3. The van der Waals surface area contributed by atoms with Crippen molar-refractivity contribution < 1.29 is 75.8 Å². The SMILES string of the molecule is CN1CC(=O)N(C(=O)C(F)(F)C(F)(F)C(F)(F)F)C1=NC(=O)C(F)(F)C(F)(F)C(F)(F)F. The molecular weight excluding hydrogens is 500 g/mol. The number of carbonyl (C=O) groups is 3. The molecule has 3 amide bonds. The molecule has 0 bridgehead atoms. The smallest absolute Gasteiger partial charge is 0.335 e. The van der Waals surface area contributed by atoms with Crippen molar-refractivity contribution in [3.8, 4) is 0 Å². The average molecular weight is 505 g/mol. The van der Waals surface area contributed by atoms with E-state index in [1.54, 1.807) is 0 Å². The predicted molar refractivity (Wildman–Crippen MR) is 68.8 cm³/mol. The summed E-state index contributed by atoms with van der Waals surface area (Å²) in [5.41, 5.74) is 0. The van der Waals surface area contributed by atoms with Gasteiger partial charge in [-0.25, -0.2) is 4.90 Å². The van der Waals surface area contributed by atoms with E-state index >= 15 is 0 Å². The first kappa shape index (κ1) is 27.3. The fourth-order valence-electron chi connectivity index (χ4n) is 1.89. The summed E-state index contributed by atoms with van der Waals surface area (Å²) in [6.07, 6.45) is -14.2. The van der Waals surface area contributed by atoms with E-state index in [-0.39, 0.29) is 4.90 Å². The molecule has 32 heavy (non-hydrogen) atoms. The quantitative estimate of drug-likeness (QED) is 0.552. The Kier molecular flexibility index (Phi) is 6.34. The number of hydrogen-bond acceptors (Lipinski definition) is 3. The minimum absolute atomic E-state index is 0.123. The minimum atomic E-state index is -7.18. The lowest BCUT2D eigenvalue weighted by Gasteiger charge is -2.29. The number of guanidine groups is 1.